The summed E-state index contributed by atoms with van der Waals surface area (Å²) in [6.45, 7) is 3.69. The summed E-state index contributed by atoms with van der Waals surface area (Å²) >= 11 is 0. The average Bonchev–Trinajstić information content (AvgIpc) is 2.39. The minimum Gasteiger partial charge on any atom is -0.469 e. The monoisotopic (exact) mass is 234 g/mol. The lowest BCUT2D eigenvalue weighted by molar-refractivity contribution is -0.145. The molecule has 2 heterocycles. The number of piperidine rings is 1. The maximum absolute atomic E-state index is 11.5. The van der Waals surface area contributed by atoms with Crippen LogP contribution in [-0.4, -0.2) is 31.2 Å². The molecule has 1 unspecified atom stereocenters. The van der Waals surface area contributed by atoms with Crippen LogP contribution in [-0.2, 0) is 9.53 Å². The number of carbonyl (C=O) groups excluding carboxylic acids is 1. The molecule has 0 N–H and O–H groups in total. The Hall–Kier alpha value is -1.58. The molecular formula is C13H18N2O2. The Morgan fingerprint density at radius 2 is 2.35 bits per heavy atom. The zero-order valence-corrected chi connectivity index (χ0v) is 10.3. The summed E-state index contributed by atoms with van der Waals surface area (Å²) in [4.78, 5) is 18.1. The zero-order valence-electron chi connectivity index (χ0n) is 10.3. The van der Waals surface area contributed by atoms with Gasteiger partial charge in [-0.05, 0) is 31.4 Å². The molecule has 0 radical (unpaired) electrons. The second-order valence-corrected chi connectivity index (χ2v) is 4.50. The van der Waals surface area contributed by atoms with Gasteiger partial charge < -0.3 is 9.64 Å². The first-order valence-electron chi connectivity index (χ1n) is 5.96. The smallest absolute Gasteiger partial charge is 0.310 e. The van der Waals surface area contributed by atoms with E-state index in [4.69, 9.17) is 4.74 Å². The number of hydrogen-bond donors (Lipinski definition) is 0. The van der Waals surface area contributed by atoms with E-state index in [0.29, 0.717) is 6.54 Å². The van der Waals surface area contributed by atoms with Crippen LogP contribution >= 0.6 is 0 Å². The summed E-state index contributed by atoms with van der Waals surface area (Å²) in [5, 5.41) is 0. The first kappa shape index (κ1) is 11.9. The van der Waals surface area contributed by atoms with Gasteiger partial charge in [0.05, 0.1) is 13.0 Å². The molecule has 92 valence electrons. The minimum atomic E-state index is -0.109. The van der Waals surface area contributed by atoms with Crippen molar-refractivity contribution in [1.82, 2.24) is 4.98 Å². The van der Waals surface area contributed by atoms with Crippen LogP contribution in [0.5, 0.6) is 0 Å². The fraction of sp³-hybridized carbons (Fsp3) is 0.538. The van der Waals surface area contributed by atoms with Crippen molar-refractivity contribution in [3.05, 3.63) is 23.9 Å². The van der Waals surface area contributed by atoms with Gasteiger partial charge in [0.1, 0.15) is 5.82 Å². The van der Waals surface area contributed by atoms with Gasteiger partial charge in [0.2, 0.25) is 0 Å². The number of aryl methyl sites for hydroxylation is 1. The van der Waals surface area contributed by atoms with Crippen LogP contribution in [0.3, 0.4) is 0 Å². The molecule has 0 saturated carbocycles. The molecule has 4 nitrogen and oxygen atoms in total. The third kappa shape index (κ3) is 2.75. The van der Waals surface area contributed by atoms with Crippen molar-refractivity contribution >= 4 is 11.8 Å². The van der Waals surface area contributed by atoms with Crippen LogP contribution in [0.2, 0.25) is 0 Å². The Balaban J connectivity index is 2.06. The third-order valence-electron chi connectivity index (χ3n) is 3.18. The topological polar surface area (TPSA) is 42.4 Å². The number of rotatable bonds is 2. The predicted octanol–water partition coefficient (Wildman–Crippen LogP) is 1.78. The first-order chi connectivity index (χ1) is 8.20. The maximum Gasteiger partial charge on any atom is 0.310 e. The van der Waals surface area contributed by atoms with E-state index in [9.17, 15) is 4.79 Å². The van der Waals surface area contributed by atoms with E-state index in [-0.39, 0.29) is 11.9 Å². The minimum absolute atomic E-state index is 0.0168. The van der Waals surface area contributed by atoms with Gasteiger partial charge in [-0.25, -0.2) is 4.98 Å². The van der Waals surface area contributed by atoms with Crippen molar-refractivity contribution in [3.63, 3.8) is 0 Å². The Morgan fingerprint density at radius 3 is 3.00 bits per heavy atom. The van der Waals surface area contributed by atoms with Gasteiger partial charge in [-0.15, -0.1) is 0 Å². The fourth-order valence-electron chi connectivity index (χ4n) is 2.19. The zero-order chi connectivity index (χ0) is 12.3. The van der Waals surface area contributed by atoms with Crippen LogP contribution in [0.25, 0.3) is 0 Å². The van der Waals surface area contributed by atoms with Crippen LogP contribution in [0.4, 0.5) is 5.82 Å². The number of methoxy groups -OCH3 is 1. The van der Waals surface area contributed by atoms with Crippen molar-refractivity contribution < 1.29 is 9.53 Å². The van der Waals surface area contributed by atoms with Gasteiger partial charge in [0, 0.05) is 19.3 Å². The predicted molar refractivity (Wildman–Crippen MR) is 65.9 cm³/mol. The molecule has 2 rings (SSSR count). The van der Waals surface area contributed by atoms with Gasteiger partial charge in [0.25, 0.3) is 0 Å². The number of hydrogen-bond acceptors (Lipinski definition) is 4. The number of aromatic nitrogens is 1. The molecule has 1 fully saturated rings. The molecule has 0 aliphatic carbocycles. The highest BCUT2D eigenvalue weighted by atomic mass is 16.5. The molecule has 0 amide bonds. The van der Waals surface area contributed by atoms with Gasteiger partial charge >= 0.3 is 5.97 Å². The molecule has 1 aliphatic rings. The van der Waals surface area contributed by atoms with Crippen LogP contribution in [0, 0.1) is 12.8 Å². The van der Waals surface area contributed by atoms with E-state index < -0.39 is 0 Å². The highest BCUT2D eigenvalue weighted by Crippen LogP contribution is 2.22. The van der Waals surface area contributed by atoms with Gasteiger partial charge in [-0.2, -0.15) is 0 Å². The molecule has 0 bridgehead atoms. The van der Waals surface area contributed by atoms with E-state index in [1.807, 2.05) is 25.3 Å². The van der Waals surface area contributed by atoms with Crippen molar-refractivity contribution in [2.24, 2.45) is 5.92 Å². The van der Waals surface area contributed by atoms with Crippen molar-refractivity contribution in [2.45, 2.75) is 19.8 Å². The molecule has 1 aliphatic heterocycles. The van der Waals surface area contributed by atoms with Crippen LogP contribution < -0.4 is 4.90 Å². The molecule has 0 aromatic carbocycles. The molecule has 4 heteroatoms. The van der Waals surface area contributed by atoms with E-state index in [2.05, 4.69) is 9.88 Å². The molecule has 0 spiro atoms. The van der Waals surface area contributed by atoms with E-state index >= 15 is 0 Å². The number of nitrogens with zero attached hydrogens (tertiary/aromatic N) is 2. The first-order valence-corrected chi connectivity index (χ1v) is 5.96. The van der Waals surface area contributed by atoms with Gasteiger partial charge in [-0.1, -0.05) is 6.07 Å². The summed E-state index contributed by atoms with van der Waals surface area (Å²) in [5.74, 6) is 0.822. The maximum atomic E-state index is 11.5. The summed E-state index contributed by atoms with van der Waals surface area (Å²) in [6, 6.07) is 4.05. The lowest BCUT2D eigenvalue weighted by Gasteiger charge is -2.32. The Bertz CT molecular complexity index is 389. The number of anilines is 1. The summed E-state index contributed by atoms with van der Waals surface area (Å²) in [6.07, 6.45) is 3.78. The second kappa shape index (κ2) is 5.17. The van der Waals surface area contributed by atoms with Crippen molar-refractivity contribution in [3.8, 4) is 0 Å². The third-order valence-corrected chi connectivity index (χ3v) is 3.18. The number of pyridine rings is 1. The summed E-state index contributed by atoms with van der Waals surface area (Å²) < 4.78 is 4.81. The number of carbonyl (C=O) groups is 1. The molecule has 1 aromatic heterocycles. The lowest BCUT2D eigenvalue weighted by atomic mass is 9.98. The normalized spacial score (nSPS) is 20.1. The average molecular weight is 234 g/mol. The highest BCUT2D eigenvalue weighted by Gasteiger charge is 2.26. The van der Waals surface area contributed by atoms with Gasteiger partial charge in [-0.3, -0.25) is 4.79 Å². The van der Waals surface area contributed by atoms with E-state index in [1.54, 1.807) is 0 Å². The van der Waals surface area contributed by atoms with E-state index in [0.717, 1.165) is 30.8 Å². The molecule has 1 aromatic rings. The Labute approximate surface area is 102 Å². The van der Waals surface area contributed by atoms with Crippen molar-refractivity contribution in [1.29, 1.82) is 0 Å². The molecular weight excluding hydrogens is 216 g/mol. The largest absolute Gasteiger partial charge is 0.469 e. The number of ether oxygens (including phenoxy) is 1. The molecule has 1 saturated heterocycles. The van der Waals surface area contributed by atoms with Crippen molar-refractivity contribution in [2.75, 3.05) is 25.1 Å². The number of esters is 1. The van der Waals surface area contributed by atoms with Crippen LogP contribution in [0.15, 0.2) is 18.3 Å². The summed E-state index contributed by atoms with van der Waals surface area (Å²) in [5.41, 5.74) is 1.15. The molecule has 17 heavy (non-hydrogen) atoms. The van der Waals surface area contributed by atoms with Crippen LogP contribution in [0.1, 0.15) is 18.4 Å². The lowest BCUT2D eigenvalue weighted by Crippen LogP contribution is -2.39. The highest BCUT2D eigenvalue weighted by molar-refractivity contribution is 5.73. The SMILES string of the molecule is COC(=O)C1CCCN(c2ccc(C)cn2)C1. The Kier molecular flexibility index (Phi) is 3.61. The Morgan fingerprint density at radius 1 is 1.53 bits per heavy atom. The van der Waals surface area contributed by atoms with Gasteiger partial charge in [0.15, 0.2) is 0 Å². The standard InChI is InChI=1S/C13H18N2O2/c1-10-5-6-12(14-8-10)15-7-3-4-11(9-15)13(16)17-2/h5-6,8,11H,3-4,7,9H2,1-2H3. The van der Waals surface area contributed by atoms with E-state index in [1.165, 1.54) is 7.11 Å². The molecule has 1 atom stereocenters. The summed E-state index contributed by atoms with van der Waals surface area (Å²) in [7, 11) is 1.45. The quantitative estimate of drug-likeness (QED) is 0.731. The second-order valence-electron chi connectivity index (χ2n) is 4.50. The fourth-order valence-corrected chi connectivity index (χ4v) is 2.19.